The molecule has 108 valence electrons. The quantitative estimate of drug-likeness (QED) is 0.855. The number of nitrogens with one attached hydrogen (secondary N) is 2. The van der Waals surface area contributed by atoms with E-state index in [1.54, 1.807) is 36.5 Å². The Hall–Kier alpha value is -2.40. The summed E-state index contributed by atoms with van der Waals surface area (Å²) in [6.45, 7) is 2.05. The molecule has 1 aromatic heterocycles. The van der Waals surface area contributed by atoms with Crippen molar-refractivity contribution in [3.05, 3.63) is 58.9 Å². The molecule has 0 aliphatic heterocycles. The SMILES string of the molecule is Cc1ccc(NC(=O)C(=O)NCc2ccccn2)cc1Cl. The van der Waals surface area contributed by atoms with E-state index < -0.39 is 11.8 Å². The van der Waals surface area contributed by atoms with Gasteiger partial charge in [0, 0.05) is 16.9 Å². The first kappa shape index (κ1) is 15.0. The number of amides is 2. The molecule has 5 nitrogen and oxygen atoms in total. The van der Waals surface area contributed by atoms with Gasteiger partial charge in [0.1, 0.15) is 0 Å². The number of anilines is 1. The van der Waals surface area contributed by atoms with Crippen molar-refractivity contribution in [1.29, 1.82) is 0 Å². The highest BCUT2D eigenvalue weighted by molar-refractivity contribution is 6.39. The second kappa shape index (κ2) is 6.85. The molecular formula is C15H14ClN3O2. The van der Waals surface area contributed by atoms with E-state index in [2.05, 4.69) is 15.6 Å². The van der Waals surface area contributed by atoms with E-state index >= 15 is 0 Å². The summed E-state index contributed by atoms with van der Waals surface area (Å²) in [6, 6.07) is 10.4. The number of nitrogens with zero attached hydrogens (tertiary/aromatic N) is 1. The molecule has 6 heteroatoms. The molecule has 2 amide bonds. The molecule has 2 aromatic rings. The lowest BCUT2D eigenvalue weighted by Crippen LogP contribution is -2.35. The van der Waals surface area contributed by atoms with Crippen LogP contribution in [0.2, 0.25) is 5.02 Å². The highest BCUT2D eigenvalue weighted by Gasteiger charge is 2.13. The summed E-state index contributed by atoms with van der Waals surface area (Å²) in [6.07, 6.45) is 1.62. The van der Waals surface area contributed by atoms with E-state index in [-0.39, 0.29) is 6.54 Å². The fourth-order valence-electron chi connectivity index (χ4n) is 1.61. The molecular weight excluding hydrogens is 290 g/mol. The normalized spacial score (nSPS) is 10.0. The molecule has 0 saturated heterocycles. The molecule has 1 aromatic carbocycles. The number of halogens is 1. The number of benzene rings is 1. The van der Waals surface area contributed by atoms with E-state index in [1.165, 1.54) is 0 Å². The van der Waals surface area contributed by atoms with Crippen LogP contribution in [0.25, 0.3) is 0 Å². The third kappa shape index (κ3) is 4.29. The Labute approximate surface area is 127 Å². The molecule has 0 radical (unpaired) electrons. The lowest BCUT2D eigenvalue weighted by Gasteiger charge is -2.07. The number of rotatable bonds is 3. The second-order valence-corrected chi connectivity index (χ2v) is 4.83. The summed E-state index contributed by atoms with van der Waals surface area (Å²) in [4.78, 5) is 27.5. The number of hydrogen-bond donors (Lipinski definition) is 2. The lowest BCUT2D eigenvalue weighted by molar-refractivity contribution is -0.136. The maximum Gasteiger partial charge on any atom is 0.313 e. The highest BCUT2D eigenvalue weighted by Crippen LogP contribution is 2.19. The predicted octanol–water partition coefficient (Wildman–Crippen LogP) is 2.30. The first-order valence-electron chi connectivity index (χ1n) is 6.31. The zero-order valence-corrected chi connectivity index (χ0v) is 12.1. The average Bonchev–Trinajstić information content (AvgIpc) is 2.49. The minimum Gasteiger partial charge on any atom is -0.342 e. The minimum atomic E-state index is -0.745. The summed E-state index contributed by atoms with van der Waals surface area (Å²) >= 11 is 5.96. The smallest absolute Gasteiger partial charge is 0.313 e. The van der Waals surface area contributed by atoms with E-state index in [9.17, 15) is 9.59 Å². The molecule has 2 N–H and O–H groups in total. The van der Waals surface area contributed by atoms with Crippen molar-refractivity contribution in [3.8, 4) is 0 Å². The van der Waals surface area contributed by atoms with Gasteiger partial charge >= 0.3 is 11.8 Å². The standard InChI is InChI=1S/C15H14ClN3O2/c1-10-5-6-11(8-13(10)16)19-15(21)14(20)18-9-12-4-2-3-7-17-12/h2-8H,9H2,1H3,(H,18,20)(H,19,21). The van der Waals surface area contributed by atoms with Crippen LogP contribution in [-0.4, -0.2) is 16.8 Å². The van der Waals surface area contributed by atoms with Gasteiger partial charge in [-0.05, 0) is 36.8 Å². The van der Waals surface area contributed by atoms with Gasteiger partial charge in [-0.2, -0.15) is 0 Å². The molecule has 0 aliphatic rings. The van der Waals surface area contributed by atoms with Crippen molar-refractivity contribution in [1.82, 2.24) is 10.3 Å². The Morgan fingerprint density at radius 1 is 1.19 bits per heavy atom. The Morgan fingerprint density at radius 2 is 2.00 bits per heavy atom. The summed E-state index contributed by atoms with van der Waals surface area (Å²) in [5.41, 5.74) is 2.05. The molecule has 0 spiro atoms. The lowest BCUT2D eigenvalue weighted by atomic mass is 10.2. The number of pyridine rings is 1. The summed E-state index contributed by atoms with van der Waals surface area (Å²) in [7, 11) is 0. The van der Waals surface area contributed by atoms with Crippen molar-refractivity contribution in [2.75, 3.05) is 5.32 Å². The number of carbonyl (C=O) groups excluding carboxylic acids is 2. The molecule has 1 heterocycles. The number of hydrogen-bond acceptors (Lipinski definition) is 3. The van der Waals surface area contributed by atoms with Crippen LogP contribution in [0.1, 0.15) is 11.3 Å². The number of aryl methyl sites for hydroxylation is 1. The Balaban J connectivity index is 1.90. The summed E-state index contributed by atoms with van der Waals surface area (Å²) < 4.78 is 0. The van der Waals surface area contributed by atoms with Gasteiger partial charge in [0.15, 0.2) is 0 Å². The fraction of sp³-hybridized carbons (Fsp3) is 0.133. The molecule has 0 unspecified atom stereocenters. The van der Waals surface area contributed by atoms with Crippen molar-refractivity contribution in [3.63, 3.8) is 0 Å². The van der Waals surface area contributed by atoms with Gasteiger partial charge in [-0.15, -0.1) is 0 Å². The van der Waals surface area contributed by atoms with Gasteiger partial charge in [0.05, 0.1) is 12.2 Å². The van der Waals surface area contributed by atoms with Gasteiger partial charge in [-0.1, -0.05) is 23.7 Å². The molecule has 21 heavy (non-hydrogen) atoms. The third-order valence-corrected chi connectivity index (χ3v) is 3.20. The predicted molar refractivity (Wildman–Crippen MR) is 80.9 cm³/mol. The third-order valence-electron chi connectivity index (χ3n) is 2.79. The van der Waals surface area contributed by atoms with Crippen LogP contribution < -0.4 is 10.6 Å². The zero-order chi connectivity index (χ0) is 15.2. The maximum atomic E-state index is 11.7. The van der Waals surface area contributed by atoms with Crippen LogP contribution in [0.15, 0.2) is 42.6 Å². The van der Waals surface area contributed by atoms with Crippen molar-refractivity contribution in [2.45, 2.75) is 13.5 Å². The first-order valence-corrected chi connectivity index (χ1v) is 6.69. The summed E-state index contributed by atoms with van der Waals surface area (Å²) in [5, 5.41) is 5.52. The van der Waals surface area contributed by atoms with E-state index in [0.29, 0.717) is 16.4 Å². The average molecular weight is 304 g/mol. The van der Waals surface area contributed by atoms with Crippen LogP contribution in [0.5, 0.6) is 0 Å². The van der Waals surface area contributed by atoms with Crippen molar-refractivity contribution >= 4 is 29.1 Å². The first-order chi connectivity index (χ1) is 10.1. The number of aromatic nitrogens is 1. The van der Waals surface area contributed by atoms with Gasteiger partial charge in [0.2, 0.25) is 0 Å². The van der Waals surface area contributed by atoms with Gasteiger partial charge in [-0.25, -0.2) is 0 Å². The molecule has 0 saturated carbocycles. The van der Waals surface area contributed by atoms with Gasteiger partial charge < -0.3 is 10.6 Å². The minimum absolute atomic E-state index is 0.196. The Kier molecular flexibility index (Phi) is 4.90. The van der Waals surface area contributed by atoms with Gasteiger partial charge in [-0.3, -0.25) is 14.6 Å². The highest BCUT2D eigenvalue weighted by atomic mass is 35.5. The van der Waals surface area contributed by atoms with E-state index in [1.807, 2.05) is 13.0 Å². The molecule has 0 fully saturated rings. The van der Waals surface area contributed by atoms with Crippen LogP contribution in [0.4, 0.5) is 5.69 Å². The van der Waals surface area contributed by atoms with Crippen LogP contribution in [-0.2, 0) is 16.1 Å². The van der Waals surface area contributed by atoms with Gasteiger partial charge in [0.25, 0.3) is 0 Å². The van der Waals surface area contributed by atoms with Crippen molar-refractivity contribution in [2.24, 2.45) is 0 Å². The fourth-order valence-corrected chi connectivity index (χ4v) is 1.79. The molecule has 2 rings (SSSR count). The van der Waals surface area contributed by atoms with E-state index in [0.717, 1.165) is 5.56 Å². The summed E-state index contributed by atoms with van der Waals surface area (Å²) in [5.74, 6) is -1.47. The Bertz CT molecular complexity index is 659. The Morgan fingerprint density at radius 3 is 2.67 bits per heavy atom. The number of carbonyl (C=O) groups is 2. The molecule has 0 aliphatic carbocycles. The van der Waals surface area contributed by atoms with E-state index in [4.69, 9.17) is 11.6 Å². The second-order valence-electron chi connectivity index (χ2n) is 4.42. The zero-order valence-electron chi connectivity index (χ0n) is 11.4. The monoisotopic (exact) mass is 303 g/mol. The largest absolute Gasteiger partial charge is 0.342 e. The molecule has 0 atom stereocenters. The van der Waals surface area contributed by atoms with Crippen molar-refractivity contribution < 1.29 is 9.59 Å². The van der Waals surface area contributed by atoms with Crippen LogP contribution >= 0.6 is 11.6 Å². The van der Waals surface area contributed by atoms with Crippen LogP contribution in [0, 0.1) is 6.92 Å². The van der Waals surface area contributed by atoms with Crippen LogP contribution in [0.3, 0.4) is 0 Å². The topological polar surface area (TPSA) is 71.1 Å². The maximum absolute atomic E-state index is 11.7. The molecule has 0 bridgehead atoms.